The van der Waals surface area contributed by atoms with E-state index in [1.165, 1.54) is 11.3 Å². The van der Waals surface area contributed by atoms with Crippen LogP contribution in [0.5, 0.6) is 0 Å². The average molecular weight is 499 g/mol. The summed E-state index contributed by atoms with van der Waals surface area (Å²) in [5.74, 6) is -0.200. The number of oxazole rings is 1. The van der Waals surface area contributed by atoms with E-state index < -0.39 is 23.6 Å². The van der Waals surface area contributed by atoms with Gasteiger partial charge in [-0.2, -0.15) is 0 Å². The van der Waals surface area contributed by atoms with Crippen molar-refractivity contribution < 1.29 is 23.9 Å². The third kappa shape index (κ3) is 6.32. The van der Waals surface area contributed by atoms with Gasteiger partial charge in [-0.25, -0.2) is 4.98 Å². The van der Waals surface area contributed by atoms with Crippen LogP contribution in [-0.2, 0) is 14.4 Å². The fourth-order valence-electron chi connectivity index (χ4n) is 4.48. The molecular formula is C27H38N4O5. The molecule has 0 bridgehead atoms. The van der Waals surface area contributed by atoms with Crippen LogP contribution in [0.1, 0.15) is 71.2 Å². The lowest BCUT2D eigenvalue weighted by Crippen LogP contribution is -2.57. The molecule has 1 aliphatic heterocycles. The summed E-state index contributed by atoms with van der Waals surface area (Å²) in [6, 6.07) is 5.70. The lowest BCUT2D eigenvalue weighted by Gasteiger charge is -2.35. The minimum atomic E-state index is -0.820. The summed E-state index contributed by atoms with van der Waals surface area (Å²) in [6.07, 6.45) is 1.73. The second-order valence-corrected chi connectivity index (χ2v) is 10.6. The molecular weight excluding hydrogens is 460 g/mol. The highest BCUT2D eigenvalue weighted by Gasteiger charge is 2.44. The van der Waals surface area contributed by atoms with Gasteiger partial charge in [-0.3, -0.25) is 14.4 Å². The van der Waals surface area contributed by atoms with Crippen LogP contribution in [0.4, 0.5) is 0 Å². The Balaban J connectivity index is 1.72. The summed E-state index contributed by atoms with van der Waals surface area (Å²) in [6.45, 7) is 11.3. The van der Waals surface area contributed by atoms with Crippen molar-refractivity contribution in [1.29, 1.82) is 0 Å². The van der Waals surface area contributed by atoms with E-state index in [1.807, 2.05) is 65.8 Å². The normalized spacial score (nSPS) is 19.6. The van der Waals surface area contributed by atoms with Crippen molar-refractivity contribution in [2.75, 3.05) is 6.54 Å². The lowest BCUT2D eigenvalue weighted by atomic mass is 9.85. The van der Waals surface area contributed by atoms with Gasteiger partial charge in [0.15, 0.2) is 12.2 Å². The molecule has 4 atom stereocenters. The molecule has 1 saturated heterocycles. The maximum atomic E-state index is 13.5. The molecule has 2 heterocycles. The molecule has 9 nitrogen and oxygen atoms in total. The molecule has 3 N–H and O–H groups in total. The van der Waals surface area contributed by atoms with Crippen LogP contribution in [0.3, 0.4) is 0 Å². The van der Waals surface area contributed by atoms with E-state index in [-0.39, 0.29) is 36.7 Å². The number of nitrogens with one attached hydrogen (secondary N) is 2. The summed E-state index contributed by atoms with van der Waals surface area (Å²) >= 11 is 0. The molecule has 3 amide bonds. The minimum absolute atomic E-state index is 0.0484. The van der Waals surface area contributed by atoms with Gasteiger partial charge in [-0.05, 0) is 31.2 Å². The predicted molar refractivity (Wildman–Crippen MR) is 136 cm³/mol. The largest absolute Gasteiger partial charge is 0.443 e. The summed E-state index contributed by atoms with van der Waals surface area (Å²) in [5, 5.41) is 16.2. The summed E-state index contributed by atoms with van der Waals surface area (Å²) < 4.78 is 5.44. The molecule has 0 aliphatic carbocycles. The third-order valence-electron chi connectivity index (χ3n) is 6.54. The van der Waals surface area contributed by atoms with Crippen LogP contribution in [0, 0.1) is 12.3 Å². The number of aliphatic hydroxyl groups excluding tert-OH is 1. The van der Waals surface area contributed by atoms with Crippen molar-refractivity contribution in [2.45, 2.75) is 85.0 Å². The fourth-order valence-corrected chi connectivity index (χ4v) is 4.48. The molecule has 9 heteroatoms. The molecule has 3 rings (SSSR count). The molecule has 1 aliphatic rings. The zero-order chi connectivity index (χ0) is 26.6. The number of amides is 3. The average Bonchev–Trinajstić information content (AvgIpc) is 3.42. The topological polar surface area (TPSA) is 125 Å². The van der Waals surface area contributed by atoms with E-state index in [2.05, 4.69) is 15.6 Å². The van der Waals surface area contributed by atoms with E-state index in [1.54, 1.807) is 0 Å². The number of hydrogen-bond donors (Lipinski definition) is 3. The van der Waals surface area contributed by atoms with Crippen LogP contribution in [-0.4, -0.2) is 57.4 Å². The number of carbonyl (C=O) groups is 3. The number of benzene rings is 1. The minimum Gasteiger partial charge on any atom is -0.443 e. The van der Waals surface area contributed by atoms with Crippen LogP contribution in [0.2, 0.25) is 0 Å². The monoisotopic (exact) mass is 498 g/mol. The summed E-state index contributed by atoms with van der Waals surface area (Å²) in [4.78, 5) is 44.6. The highest BCUT2D eigenvalue weighted by molar-refractivity contribution is 5.93. The van der Waals surface area contributed by atoms with E-state index in [9.17, 15) is 19.5 Å². The maximum absolute atomic E-state index is 13.5. The molecule has 1 aromatic heterocycles. The summed E-state index contributed by atoms with van der Waals surface area (Å²) in [7, 11) is 0. The number of likely N-dealkylation sites (tertiary alicyclic amines) is 1. The van der Waals surface area contributed by atoms with Gasteiger partial charge in [-0.15, -0.1) is 0 Å². The van der Waals surface area contributed by atoms with Crippen LogP contribution in [0.15, 0.2) is 35.1 Å². The van der Waals surface area contributed by atoms with Crippen molar-refractivity contribution in [1.82, 2.24) is 20.5 Å². The predicted octanol–water partition coefficient (Wildman–Crippen LogP) is 3.12. The third-order valence-corrected chi connectivity index (χ3v) is 6.54. The van der Waals surface area contributed by atoms with Crippen LogP contribution >= 0.6 is 0 Å². The zero-order valence-electron chi connectivity index (χ0n) is 22.0. The highest BCUT2D eigenvalue weighted by atomic mass is 16.3. The van der Waals surface area contributed by atoms with Gasteiger partial charge in [0.1, 0.15) is 12.1 Å². The number of nitrogens with zero attached hydrogens (tertiary/aromatic N) is 2. The standard InChI is InChI=1S/C27H38N4O5/c1-7-8-22(33)30-24(27(4,5)6)26(35)31-14-20(32)13-21(31)25(34)29-16(2)18-9-11-19(12-10-18)23-17(3)28-15-36-23/h9-12,15-16,20-21,24,32H,7-8,13-14H2,1-6H3,(H,29,34)(H,30,33)/t16-,20+,21-,24+/m0/s1. The molecule has 0 unspecified atom stereocenters. The Morgan fingerprint density at radius 1 is 1.19 bits per heavy atom. The number of aromatic nitrogens is 1. The first-order chi connectivity index (χ1) is 16.9. The first kappa shape index (κ1) is 27.4. The SMILES string of the molecule is CCCC(=O)N[C@H](C(=O)N1C[C@H](O)C[C@H]1C(=O)N[C@@H](C)c1ccc(-c2ocnc2C)cc1)C(C)(C)C. The fraction of sp³-hybridized carbons (Fsp3) is 0.556. The first-order valence-electron chi connectivity index (χ1n) is 12.5. The van der Waals surface area contributed by atoms with Crippen molar-refractivity contribution in [3.05, 3.63) is 41.9 Å². The molecule has 196 valence electrons. The maximum Gasteiger partial charge on any atom is 0.246 e. The molecule has 1 fully saturated rings. The smallest absolute Gasteiger partial charge is 0.246 e. The van der Waals surface area contributed by atoms with E-state index in [0.717, 1.165) is 16.8 Å². The van der Waals surface area contributed by atoms with Gasteiger partial charge in [0.2, 0.25) is 17.7 Å². The van der Waals surface area contributed by atoms with Crippen molar-refractivity contribution in [3.8, 4) is 11.3 Å². The number of aliphatic hydroxyl groups is 1. The van der Waals surface area contributed by atoms with Gasteiger partial charge in [-0.1, -0.05) is 52.0 Å². The van der Waals surface area contributed by atoms with Gasteiger partial charge in [0.05, 0.1) is 17.8 Å². The molecule has 36 heavy (non-hydrogen) atoms. The van der Waals surface area contributed by atoms with Crippen molar-refractivity contribution in [3.63, 3.8) is 0 Å². The van der Waals surface area contributed by atoms with Crippen LogP contribution in [0.25, 0.3) is 11.3 Å². The van der Waals surface area contributed by atoms with Gasteiger partial charge in [0.25, 0.3) is 0 Å². The Hall–Kier alpha value is -3.20. The van der Waals surface area contributed by atoms with Crippen LogP contribution < -0.4 is 10.6 Å². The lowest BCUT2D eigenvalue weighted by molar-refractivity contribution is -0.144. The molecule has 0 saturated carbocycles. The van der Waals surface area contributed by atoms with Crippen molar-refractivity contribution in [2.24, 2.45) is 5.41 Å². The first-order valence-corrected chi connectivity index (χ1v) is 12.5. The van der Waals surface area contributed by atoms with Gasteiger partial charge >= 0.3 is 0 Å². The number of carbonyl (C=O) groups excluding carboxylic acids is 3. The Bertz CT molecular complexity index is 1070. The highest BCUT2D eigenvalue weighted by Crippen LogP contribution is 2.28. The number of rotatable bonds is 8. The number of hydrogen-bond acceptors (Lipinski definition) is 6. The Labute approximate surface area is 212 Å². The van der Waals surface area contributed by atoms with E-state index in [0.29, 0.717) is 18.6 Å². The Morgan fingerprint density at radius 2 is 1.86 bits per heavy atom. The van der Waals surface area contributed by atoms with E-state index in [4.69, 9.17) is 4.42 Å². The molecule has 0 radical (unpaired) electrons. The summed E-state index contributed by atoms with van der Waals surface area (Å²) in [5.41, 5.74) is 2.01. The molecule has 0 spiro atoms. The second-order valence-electron chi connectivity index (χ2n) is 10.6. The van der Waals surface area contributed by atoms with Gasteiger partial charge in [0, 0.05) is 24.9 Å². The number of β-amino-alcohol motifs (C(OH)–C–C–N with tert-alkyl or cyclic N) is 1. The molecule has 2 aromatic rings. The number of aryl methyl sites for hydroxylation is 1. The van der Waals surface area contributed by atoms with Crippen molar-refractivity contribution >= 4 is 17.7 Å². The molecule has 1 aromatic carbocycles. The van der Waals surface area contributed by atoms with Gasteiger partial charge < -0.3 is 25.1 Å². The second kappa shape index (κ2) is 11.2. The Morgan fingerprint density at radius 3 is 2.42 bits per heavy atom. The Kier molecular flexibility index (Phi) is 8.55. The van der Waals surface area contributed by atoms with E-state index >= 15 is 0 Å². The quantitative estimate of drug-likeness (QED) is 0.514. The zero-order valence-corrected chi connectivity index (χ0v) is 22.0.